The van der Waals surface area contributed by atoms with Crippen LogP contribution in [-0.4, -0.2) is 71.0 Å². The maximum absolute atomic E-state index is 13.2. The minimum absolute atomic E-state index is 0.250. The zero-order valence-corrected chi connectivity index (χ0v) is 16.4. The number of carboxylic acid groups (broad SMARTS) is 1. The number of fused-ring (bicyclic) bond motifs is 1. The van der Waals surface area contributed by atoms with Crippen LogP contribution in [-0.2, 0) is 22.4 Å². The molecule has 0 radical (unpaired) electrons. The molecule has 1 fully saturated rings. The lowest BCUT2D eigenvalue weighted by Crippen LogP contribution is -2.22. The highest BCUT2D eigenvalue weighted by molar-refractivity contribution is 5.87. The lowest BCUT2D eigenvalue weighted by molar-refractivity contribution is -0.122. The van der Waals surface area contributed by atoms with Gasteiger partial charge in [0.1, 0.15) is 17.5 Å². The number of unbranched alkanes of at least 4 members (excludes halogenated alkanes) is 2. The fourth-order valence-electron chi connectivity index (χ4n) is 3.44. The van der Waals surface area contributed by atoms with Crippen molar-refractivity contribution in [2.45, 2.75) is 44.7 Å². The molecule has 4 N–H and O–H groups in total. The molecule has 2 aromatic heterocycles. The molecule has 156 valence electrons. The number of hydrogen-bond acceptors (Lipinski definition) is 6. The molecule has 1 saturated heterocycles. The second-order valence-electron chi connectivity index (χ2n) is 6.91. The topological polar surface area (TPSA) is 117 Å². The highest BCUT2D eigenvalue weighted by atomic mass is 19.1. The summed E-state index contributed by atoms with van der Waals surface area (Å²) >= 11 is 0. The molecule has 2 aromatic rings. The first-order chi connectivity index (χ1) is 13.6. The van der Waals surface area contributed by atoms with Gasteiger partial charge in [-0.15, -0.1) is 0 Å². The maximum atomic E-state index is 13.2. The average molecular weight is 395 g/mol. The van der Waals surface area contributed by atoms with Gasteiger partial charge in [0.2, 0.25) is 0 Å². The van der Waals surface area contributed by atoms with Crippen molar-refractivity contribution in [1.29, 1.82) is 0 Å². The molecule has 1 aliphatic heterocycles. The number of alkyl halides is 1. The first kappa shape index (κ1) is 22.0. The van der Waals surface area contributed by atoms with Crippen molar-refractivity contribution in [3.05, 3.63) is 17.6 Å². The van der Waals surface area contributed by atoms with Crippen LogP contribution in [0.3, 0.4) is 0 Å². The minimum atomic E-state index is -0.622. The summed E-state index contributed by atoms with van der Waals surface area (Å²) in [6, 6.07) is 0. The molecule has 0 aliphatic carbocycles. The van der Waals surface area contributed by atoms with Gasteiger partial charge in [0.25, 0.3) is 6.47 Å². The minimum Gasteiger partial charge on any atom is -0.483 e. The molecule has 28 heavy (non-hydrogen) atoms. The van der Waals surface area contributed by atoms with Crippen LogP contribution in [0.15, 0.2) is 6.20 Å². The van der Waals surface area contributed by atoms with E-state index in [9.17, 15) is 4.39 Å². The molecular weight excluding hydrogens is 365 g/mol. The first-order valence-corrected chi connectivity index (χ1v) is 9.64. The third-order valence-corrected chi connectivity index (χ3v) is 4.84. The van der Waals surface area contributed by atoms with Crippen LogP contribution in [0.25, 0.3) is 11.0 Å². The molecule has 3 heterocycles. The summed E-state index contributed by atoms with van der Waals surface area (Å²) < 4.78 is 18.2. The number of nitrogens with zero attached hydrogens (tertiary/aromatic N) is 3. The van der Waals surface area contributed by atoms with Gasteiger partial charge in [-0.25, -0.2) is 14.4 Å². The SMILES string of the molecule is COCCc1nc(N)c2[nH]cc(CCCCCN3CCC(F)C3)c2n1.O=CO. The van der Waals surface area contributed by atoms with E-state index >= 15 is 0 Å². The van der Waals surface area contributed by atoms with Crippen molar-refractivity contribution in [2.75, 3.05) is 39.1 Å². The fourth-order valence-corrected chi connectivity index (χ4v) is 3.44. The third kappa shape index (κ3) is 6.42. The van der Waals surface area contributed by atoms with Crippen molar-refractivity contribution < 1.29 is 19.0 Å². The lowest BCUT2D eigenvalue weighted by Gasteiger charge is -2.13. The van der Waals surface area contributed by atoms with Crippen molar-refractivity contribution >= 4 is 23.3 Å². The van der Waals surface area contributed by atoms with E-state index in [0.717, 1.165) is 55.6 Å². The van der Waals surface area contributed by atoms with Crippen LogP contribution in [0.1, 0.15) is 37.1 Å². The maximum Gasteiger partial charge on any atom is 0.290 e. The van der Waals surface area contributed by atoms with E-state index in [4.69, 9.17) is 20.4 Å². The number of halogens is 1. The summed E-state index contributed by atoms with van der Waals surface area (Å²) in [6.45, 7) is 2.86. The molecule has 1 unspecified atom stereocenters. The largest absolute Gasteiger partial charge is 0.483 e. The van der Waals surface area contributed by atoms with Crippen LogP contribution in [0.5, 0.6) is 0 Å². The highest BCUT2D eigenvalue weighted by Gasteiger charge is 2.20. The predicted molar refractivity (Wildman–Crippen MR) is 106 cm³/mol. The Morgan fingerprint density at radius 1 is 1.39 bits per heavy atom. The monoisotopic (exact) mass is 395 g/mol. The Bertz CT molecular complexity index is 740. The number of aromatic amines is 1. The number of hydrogen-bond donors (Lipinski definition) is 3. The number of rotatable bonds is 9. The second-order valence-corrected chi connectivity index (χ2v) is 6.91. The van der Waals surface area contributed by atoms with E-state index in [-0.39, 0.29) is 6.47 Å². The lowest BCUT2D eigenvalue weighted by atomic mass is 10.1. The Hall–Kier alpha value is -2.26. The van der Waals surface area contributed by atoms with Gasteiger partial charge in [0.15, 0.2) is 5.82 Å². The van der Waals surface area contributed by atoms with Gasteiger partial charge < -0.3 is 25.5 Å². The number of nitrogen functional groups attached to an aromatic ring is 1. The van der Waals surface area contributed by atoms with E-state index in [2.05, 4.69) is 19.9 Å². The average Bonchev–Trinajstić information content (AvgIpc) is 3.27. The third-order valence-electron chi connectivity index (χ3n) is 4.84. The number of anilines is 1. The molecule has 9 heteroatoms. The summed E-state index contributed by atoms with van der Waals surface area (Å²) in [6.07, 6.45) is 7.04. The molecule has 0 saturated carbocycles. The van der Waals surface area contributed by atoms with Crippen LogP contribution in [0.4, 0.5) is 10.2 Å². The van der Waals surface area contributed by atoms with Gasteiger partial charge in [-0.05, 0) is 37.8 Å². The number of methoxy groups -OCH3 is 1. The van der Waals surface area contributed by atoms with Gasteiger partial charge in [0.05, 0.1) is 12.1 Å². The molecule has 1 atom stereocenters. The Balaban J connectivity index is 0.000000878. The Morgan fingerprint density at radius 3 is 2.86 bits per heavy atom. The first-order valence-electron chi connectivity index (χ1n) is 9.64. The van der Waals surface area contributed by atoms with Gasteiger partial charge in [-0.3, -0.25) is 4.79 Å². The number of likely N-dealkylation sites (tertiary alicyclic amines) is 1. The van der Waals surface area contributed by atoms with E-state index in [1.54, 1.807) is 7.11 Å². The summed E-state index contributed by atoms with van der Waals surface area (Å²) in [5.74, 6) is 1.22. The molecular formula is C19H30FN5O3. The smallest absolute Gasteiger partial charge is 0.290 e. The number of nitrogens with two attached hydrogens (primary N) is 1. The highest BCUT2D eigenvalue weighted by Crippen LogP contribution is 2.22. The van der Waals surface area contributed by atoms with Crippen molar-refractivity contribution in [2.24, 2.45) is 0 Å². The standard InChI is InChI=1S/C18H28FN5O.CH2O2/c1-25-10-7-15-22-16-13(11-21-17(16)18(20)23-15)5-3-2-4-8-24-9-6-14(19)12-24;2-1-3/h11,14,21H,2-10,12H2,1H3,(H2,20,22,23);1H,(H,2,3). The Labute approximate surface area is 164 Å². The molecule has 0 bridgehead atoms. The van der Waals surface area contributed by atoms with Crippen molar-refractivity contribution in [3.8, 4) is 0 Å². The van der Waals surface area contributed by atoms with E-state index < -0.39 is 6.17 Å². The summed E-state index contributed by atoms with van der Waals surface area (Å²) in [4.78, 5) is 22.8. The summed E-state index contributed by atoms with van der Waals surface area (Å²) in [5.41, 5.74) is 8.98. The van der Waals surface area contributed by atoms with E-state index in [1.165, 1.54) is 5.56 Å². The molecule has 0 spiro atoms. The van der Waals surface area contributed by atoms with Gasteiger partial charge in [-0.2, -0.15) is 0 Å². The number of carbonyl (C=O) groups is 1. The Kier molecular flexibility index (Phi) is 9.09. The predicted octanol–water partition coefficient (Wildman–Crippen LogP) is 2.19. The zero-order chi connectivity index (χ0) is 20.4. The molecule has 0 aromatic carbocycles. The zero-order valence-electron chi connectivity index (χ0n) is 16.4. The molecule has 8 nitrogen and oxygen atoms in total. The number of aryl methyl sites for hydroxylation is 1. The summed E-state index contributed by atoms with van der Waals surface area (Å²) in [5, 5.41) is 6.89. The van der Waals surface area contributed by atoms with Crippen molar-refractivity contribution in [1.82, 2.24) is 19.9 Å². The number of H-pyrrole nitrogens is 1. The van der Waals surface area contributed by atoms with Gasteiger partial charge in [-0.1, -0.05) is 6.42 Å². The quantitative estimate of drug-likeness (QED) is 0.440. The number of ether oxygens (including phenoxy) is 1. The molecule has 1 aliphatic rings. The van der Waals surface area contributed by atoms with Crippen LogP contribution in [0, 0.1) is 0 Å². The van der Waals surface area contributed by atoms with Crippen LogP contribution < -0.4 is 5.73 Å². The van der Waals surface area contributed by atoms with Gasteiger partial charge in [0, 0.05) is 32.8 Å². The normalized spacial score (nSPS) is 16.9. The van der Waals surface area contributed by atoms with Gasteiger partial charge >= 0.3 is 0 Å². The van der Waals surface area contributed by atoms with Crippen LogP contribution >= 0.6 is 0 Å². The molecule has 0 amide bonds. The molecule has 3 rings (SSSR count). The van der Waals surface area contributed by atoms with Crippen LogP contribution in [0.2, 0.25) is 0 Å². The van der Waals surface area contributed by atoms with Crippen molar-refractivity contribution in [3.63, 3.8) is 0 Å². The number of aromatic nitrogens is 3. The Morgan fingerprint density at radius 2 is 2.18 bits per heavy atom. The van der Waals surface area contributed by atoms with E-state index in [0.29, 0.717) is 31.8 Å². The summed E-state index contributed by atoms with van der Waals surface area (Å²) in [7, 11) is 1.67. The van der Waals surface area contributed by atoms with E-state index in [1.807, 2.05) is 6.20 Å². The number of nitrogens with one attached hydrogen (secondary N) is 1. The fraction of sp³-hybridized carbons (Fsp3) is 0.632. The second kappa shape index (κ2) is 11.6.